The summed E-state index contributed by atoms with van der Waals surface area (Å²) < 4.78 is 0. The fraction of sp³-hybridized carbons (Fsp3) is 1.00. The molecular weight excluding hydrogens is 178 g/mol. The van der Waals surface area contributed by atoms with E-state index in [1.165, 1.54) is 0 Å². The molecule has 1 fully saturated rings. The summed E-state index contributed by atoms with van der Waals surface area (Å²) in [6.45, 7) is -0.441. The average Bonchev–Trinajstić information content (AvgIpc) is 2.13. The third-order valence-corrected chi connectivity index (χ3v) is 2.59. The van der Waals surface area contributed by atoms with Gasteiger partial charge in [-0.3, -0.25) is 0 Å². The maximum Gasteiger partial charge on any atom is 0.110 e. The van der Waals surface area contributed by atoms with Crippen molar-refractivity contribution in [3.8, 4) is 0 Å². The van der Waals surface area contributed by atoms with Gasteiger partial charge in [0, 0.05) is 12.0 Å². The van der Waals surface area contributed by atoms with Gasteiger partial charge in [0.1, 0.15) is 12.2 Å². The van der Waals surface area contributed by atoms with E-state index in [1.807, 2.05) is 0 Å². The van der Waals surface area contributed by atoms with Crippen molar-refractivity contribution in [3.05, 3.63) is 0 Å². The summed E-state index contributed by atoms with van der Waals surface area (Å²) in [7, 11) is 0. The normalized spacial score (nSPS) is 52.2. The molecule has 0 bridgehead atoms. The van der Waals surface area contributed by atoms with Crippen LogP contribution in [-0.4, -0.2) is 62.6 Å². The SMILES string of the molecule is N[C@H]1[C@H](O)[C@H](O)[C@@H](O)[C@@H](O)[C@H]1CO. The van der Waals surface area contributed by atoms with Gasteiger partial charge in [-0.05, 0) is 0 Å². The van der Waals surface area contributed by atoms with Gasteiger partial charge in [0.05, 0.1) is 18.8 Å². The summed E-state index contributed by atoms with van der Waals surface area (Å²) in [5.74, 6) is -0.812. The Balaban J connectivity index is 2.79. The van der Waals surface area contributed by atoms with Gasteiger partial charge in [-0.2, -0.15) is 0 Å². The van der Waals surface area contributed by atoms with Gasteiger partial charge in [-0.15, -0.1) is 0 Å². The maximum absolute atomic E-state index is 9.33. The van der Waals surface area contributed by atoms with E-state index >= 15 is 0 Å². The second kappa shape index (κ2) is 3.87. The highest BCUT2D eigenvalue weighted by Crippen LogP contribution is 2.24. The van der Waals surface area contributed by atoms with E-state index in [2.05, 4.69) is 0 Å². The summed E-state index contributed by atoms with van der Waals surface area (Å²) in [5.41, 5.74) is 5.43. The molecule has 13 heavy (non-hydrogen) atoms. The highest BCUT2D eigenvalue weighted by molar-refractivity contribution is 4.99. The Morgan fingerprint density at radius 3 is 1.77 bits per heavy atom. The molecule has 1 rings (SSSR count). The summed E-state index contributed by atoms with van der Waals surface area (Å²) in [4.78, 5) is 0. The van der Waals surface area contributed by atoms with Crippen LogP contribution in [0.25, 0.3) is 0 Å². The molecule has 6 atom stereocenters. The smallest absolute Gasteiger partial charge is 0.110 e. The van der Waals surface area contributed by atoms with Crippen LogP contribution in [0, 0.1) is 5.92 Å². The minimum absolute atomic E-state index is 0.441. The van der Waals surface area contributed by atoms with Crippen LogP contribution in [0.1, 0.15) is 0 Å². The van der Waals surface area contributed by atoms with Gasteiger partial charge in [-0.25, -0.2) is 0 Å². The molecule has 0 saturated heterocycles. The van der Waals surface area contributed by atoms with Crippen molar-refractivity contribution in [1.82, 2.24) is 0 Å². The van der Waals surface area contributed by atoms with Gasteiger partial charge >= 0.3 is 0 Å². The van der Waals surface area contributed by atoms with Crippen LogP contribution >= 0.6 is 0 Å². The fourth-order valence-electron chi connectivity index (χ4n) is 1.60. The molecule has 0 aromatic heterocycles. The van der Waals surface area contributed by atoms with Crippen molar-refractivity contribution < 1.29 is 25.5 Å². The minimum Gasteiger partial charge on any atom is -0.396 e. The molecule has 0 heterocycles. The molecule has 78 valence electrons. The summed E-state index contributed by atoms with van der Waals surface area (Å²) in [5, 5.41) is 45.8. The van der Waals surface area contributed by atoms with Crippen LogP contribution < -0.4 is 5.73 Å². The number of hydrogen-bond donors (Lipinski definition) is 6. The third-order valence-electron chi connectivity index (χ3n) is 2.59. The van der Waals surface area contributed by atoms with Gasteiger partial charge in [0.15, 0.2) is 0 Å². The fourth-order valence-corrected chi connectivity index (χ4v) is 1.60. The van der Waals surface area contributed by atoms with Crippen molar-refractivity contribution in [2.24, 2.45) is 11.7 Å². The molecule has 1 saturated carbocycles. The van der Waals surface area contributed by atoms with Crippen LogP contribution in [0.15, 0.2) is 0 Å². The van der Waals surface area contributed by atoms with Crippen LogP contribution in [-0.2, 0) is 0 Å². The Hall–Kier alpha value is -0.240. The predicted octanol–water partition coefficient (Wildman–Crippen LogP) is -3.62. The first-order valence-electron chi connectivity index (χ1n) is 4.09. The van der Waals surface area contributed by atoms with E-state index in [0.29, 0.717) is 0 Å². The van der Waals surface area contributed by atoms with Gasteiger partial charge < -0.3 is 31.3 Å². The molecule has 6 heteroatoms. The summed E-state index contributed by atoms with van der Waals surface area (Å²) in [6, 6.07) is -0.932. The van der Waals surface area contributed by atoms with Crippen molar-refractivity contribution in [1.29, 1.82) is 0 Å². The lowest BCUT2D eigenvalue weighted by atomic mass is 9.78. The highest BCUT2D eigenvalue weighted by atomic mass is 16.4. The lowest BCUT2D eigenvalue weighted by Gasteiger charge is -2.41. The average molecular weight is 193 g/mol. The number of aliphatic hydroxyl groups excluding tert-OH is 5. The molecule has 0 aromatic rings. The van der Waals surface area contributed by atoms with Crippen molar-refractivity contribution >= 4 is 0 Å². The van der Waals surface area contributed by atoms with E-state index in [4.69, 9.17) is 10.8 Å². The van der Waals surface area contributed by atoms with Crippen molar-refractivity contribution in [3.63, 3.8) is 0 Å². The zero-order valence-electron chi connectivity index (χ0n) is 6.98. The Morgan fingerprint density at radius 2 is 1.31 bits per heavy atom. The van der Waals surface area contributed by atoms with E-state index in [-0.39, 0.29) is 0 Å². The largest absolute Gasteiger partial charge is 0.396 e. The Bertz CT molecular complexity index is 162. The van der Waals surface area contributed by atoms with E-state index < -0.39 is 43.0 Å². The number of rotatable bonds is 1. The Labute approximate surface area is 75.2 Å². The monoisotopic (exact) mass is 193 g/mol. The molecule has 0 unspecified atom stereocenters. The first-order chi connectivity index (χ1) is 6.00. The molecule has 0 aromatic carbocycles. The van der Waals surface area contributed by atoms with Crippen LogP contribution in [0.2, 0.25) is 0 Å². The van der Waals surface area contributed by atoms with Crippen LogP contribution in [0.3, 0.4) is 0 Å². The second-order valence-corrected chi connectivity index (χ2v) is 3.39. The maximum atomic E-state index is 9.33. The van der Waals surface area contributed by atoms with Crippen LogP contribution in [0.4, 0.5) is 0 Å². The molecule has 1 aliphatic carbocycles. The van der Waals surface area contributed by atoms with Gasteiger partial charge in [0.2, 0.25) is 0 Å². The zero-order chi connectivity index (χ0) is 10.2. The van der Waals surface area contributed by atoms with Gasteiger partial charge in [0.25, 0.3) is 0 Å². The zero-order valence-corrected chi connectivity index (χ0v) is 6.98. The lowest BCUT2D eigenvalue weighted by molar-refractivity contribution is -0.171. The molecule has 1 aliphatic rings. The van der Waals surface area contributed by atoms with E-state index in [0.717, 1.165) is 0 Å². The van der Waals surface area contributed by atoms with Crippen LogP contribution in [0.5, 0.6) is 0 Å². The second-order valence-electron chi connectivity index (χ2n) is 3.39. The molecule has 0 radical (unpaired) electrons. The van der Waals surface area contributed by atoms with Gasteiger partial charge in [-0.1, -0.05) is 0 Å². The molecule has 0 spiro atoms. The molecule has 0 amide bonds. The van der Waals surface area contributed by atoms with E-state index in [9.17, 15) is 20.4 Å². The van der Waals surface area contributed by atoms with E-state index in [1.54, 1.807) is 0 Å². The first-order valence-corrected chi connectivity index (χ1v) is 4.09. The third kappa shape index (κ3) is 1.69. The predicted molar refractivity (Wildman–Crippen MR) is 42.6 cm³/mol. The number of nitrogens with two attached hydrogens (primary N) is 1. The summed E-state index contributed by atoms with van der Waals surface area (Å²) in [6.07, 6.45) is -5.56. The topological polar surface area (TPSA) is 127 Å². The Morgan fingerprint density at radius 1 is 0.846 bits per heavy atom. The molecule has 6 nitrogen and oxygen atoms in total. The lowest BCUT2D eigenvalue weighted by Crippen LogP contribution is -2.64. The highest BCUT2D eigenvalue weighted by Gasteiger charge is 2.46. The first kappa shape index (κ1) is 10.8. The Kier molecular flexibility index (Phi) is 3.23. The number of hydrogen-bond acceptors (Lipinski definition) is 6. The van der Waals surface area contributed by atoms with Crippen molar-refractivity contribution in [2.45, 2.75) is 30.5 Å². The van der Waals surface area contributed by atoms with Crippen molar-refractivity contribution in [2.75, 3.05) is 6.61 Å². The molecule has 7 N–H and O–H groups in total. The molecule has 0 aliphatic heterocycles. The summed E-state index contributed by atoms with van der Waals surface area (Å²) >= 11 is 0. The standard InChI is InChI=1S/C7H15NO5/c8-3-2(1-9)4(10)6(12)7(13)5(3)11/h2-7,9-13H,1,8H2/t2-,3+,4-,5-,6-,7-/m0/s1. The number of aliphatic hydroxyl groups is 5. The molecular formula is C7H15NO5. The minimum atomic E-state index is -1.47. The quantitative estimate of drug-likeness (QED) is 0.255.